The Labute approximate surface area is 263 Å². The van der Waals surface area contributed by atoms with Gasteiger partial charge in [-0.2, -0.15) is 0 Å². The summed E-state index contributed by atoms with van der Waals surface area (Å²) in [6, 6.07) is 15.3. The number of quaternary nitrogens is 1. The molecule has 2 heterocycles. The molecule has 2 aliphatic rings. The summed E-state index contributed by atoms with van der Waals surface area (Å²) in [6.45, 7) is 10.1. The fourth-order valence-corrected chi connectivity index (χ4v) is 7.82. The lowest BCUT2D eigenvalue weighted by atomic mass is 9.82. The Hall–Kier alpha value is -4.36. The number of carbonyl (C=O) groups excluding carboxylic acids is 4. The molecule has 0 aliphatic carbocycles. The minimum Gasteiger partial charge on any atom is -0.333 e. The minimum atomic E-state index is -0.241. The number of hydrogen-bond donors (Lipinski definition) is 1. The molecule has 230 valence electrons. The van der Waals surface area contributed by atoms with Crippen molar-refractivity contribution in [2.45, 2.75) is 59.3 Å². The molecule has 5 aromatic rings. The minimum absolute atomic E-state index is 0.238. The van der Waals surface area contributed by atoms with E-state index in [2.05, 4.69) is 20.8 Å². The lowest BCUT2D eigenvalue weighted by Gasteiger charge is -2.30. The van der Waals surface area contributed by atoms with Gasteiger partial charge in [0.05, 0.1) is 26.2 Å². The molecule has 7 rings (SSSR count). The summed E-state index contributed by atoms with van der Waals surface area (Å²) in [5.41, 5.74) is 2.21. The van der Waals surface area contributed by atoms with Crippen LogP contribution in [0.25, 0.3) is 43.1 Å². The third-order valence-corrected chi connectivity index (χ3v) is 9.94. The van der Waals surface area contributed by atoms with Crippen LogP contribution in [0.4, 0.5) is 0 Å². The van der Waals surface area contributed by atoms with Gasteiger partial charge < -0.3 is 4.90 Å². The van der Waals surface area contributed by atoms with E-state index in [9.17, 15) is 19.2 Å². The summed E-state index contributed by atoms with van der Waals surface area (Å²) in [7, 11) is 0. The third-order valence-electron chi connectivity index (χ3n) is 9.94. The number of carbonyl (C=O) groups is 4. The molecule has 5 aromatic carbocycles. The first-order valence-corrected chi connectivity index (χ1v) is 16.7. The molecule has 7 nitrogen and oxygen atoms in total. The average molecular weight is 603 g/mol. The van der Waals surface area contributed by atoms with Gasteiger partial charge in [-0.1, -0.05) is 64.3 Å². The van der Waals surface area contributed by atoms with E-state index >= 15 is 0 Å². The van der Waals surface area contributed by atoms with Crippen molar-refractivity contribution in [2.24, 2.45) is 0 Å². The van der Waals surface area contributed by atoms with Crippen LogP contribution in [0.2, 0.25) is 0 Å². The molecule has 0 radical (unpaired) electrons. The molecule has 0 aromatic heterocycles. The summed E-state index contributed by atoms with van der Waals surface area (Å²) in [6.07, 6.45) is 6.06. The van der Waals surface area contributed by atoms with Gasteiger partial charge in [-0.05, 0) is 75.8 Å². The molecule has 0 saturated carbocycles. The SMILES string of the molecule is CCCCCCN1C(=O)c2ccc3c4ccc5c6c(ccc(c7ccc(c2c37)C1=O)c64)C(=O)N(CC[NH+](CCC)CCC)C5=O. The zero-order chi connectivity index (χ0) is 31.4. The third kappa shape index (κ3) is 4.43. The maximum absolute atomic E-state index is 13.9. The van der Waals surface area contributed by atoms with Crippen LogP contribution in [-0.2, 0) is 0 Å². The van der Waals surface area contributed by atoms with Gasteiger partial charge in [0.1, 0.15) is 0 Å². The van der Waals surface area contributed by atoms with Crippen LogP contribution >= 0.6 is 0 Å². The maximum atomic E-state index is 13.9. The molecule has 0 atom stereocenters. The van der Waals surface area contributed by atoms with E-state index < -0.39 is 0 Å². The van der Waals surface area contributed by atoms with Gasteiger partial charge in [-0.25, -0.2) is 0 Å². The smallest absolute Gasteiger partial charge is 0.261 e. The second kappa shape index (κ2) is 11.5. The Kier molecular flexibility index (Phi) is 7.52. The fourth-order valence-electron chi connectivity index (χ4n) is 7.82. The van der Waals surface area contributed by atoms with Crippen LogP contribution in [0.3, 0.4) is 0 Å². The van der Waals surface area contributed by atoms with Crippen molar-refractivity contribution < 1.29 is 24.1 Å². The van der Waals surface area contributed by atoms with Gasteiger partial charge in [0.25, 0.3) is 23.6 Å². The molecular weight excluding hydrogens is 562 g/mol. The summed E-state index contributed by atoms with van der Waals surface area (Å²) < 4.78 is 0. The van der Waals surface area contributed by atoms with Gasteiger partial charge in [0.2, 0.25) is 0 Å². The van der Waals surface area contributed by atoms with Crippen LogP contribution in [0.5, 0.6) is 0 Å². The number of unbranched alkanes of at least 4 members (excludes halogenated alkanes) is 3. The van der Waals surface area contributed by atoms with Crippen molar-refractivity contribution in [3.63, 3.8) is 0 Å². The number of benzene rings is 5. The van der Waals surface area contributed by atoms with Crippen LogP contribution in [-0.4, -0.2) is 66.2 Å². The molecule has 0 unspecified atom stereocenters. The molecule has 0 bridgehead atoms. The molecule has 0 fully saturated rings. The van der Waals surface area contributed by atoms with E-state index in [0.29, 0.717) is 46.1 Å². The highest BCUT2D eigenvalue weighted by molar-refractivity contribution is 6.41. The van der Waals surface area contributed by atoms with Gasteiger partial charge in [-0.3, -0.25) is 29.0 Å². The standard InChI is InChI=1S/C38H39N3O4/c1-4-7-8-9-20-40-35(42)27-14-10-23-25-12-16-29-34-30(38(45)41(37(29)44)22-21-39(18-5-2)19-6-3)17-13-26(32(25)34)24-11-15-28(36(40)43)33(27)31(23)24/h10-17H,4-9,18-22H2,1-3H3/p+1. The molecule has 2 aliphatic heterocycles. The van der Waals surface area contributed by atoms with E-state index in [4.69, 9.17) is 0 Å². The fraction of sp³-hybridized carbons (Fsp3) is 0.368. The van der Waals surface area contributed by atoms with Crippen molar-refractivity contribution >= 4 is 66.7 Å². The second-order valence-corrected chi connectivity index (χ2v) is 12.7. The van der Waals surface area contributed by atoms with E-state index in [1.807, 2.05) is 48.5 Å². The number of nitrogens with zero attached hydrogens (tertiary/aromatic N) is 2. The molecular formula is C38H40N3O4+. The van der Waals surface area contributed by atoms with Crippen molar-refractivity contribution in [1.82, 2.24) is 9.80 Å². The zero-order valence-electron chi connectivity index (χ0n) is 26.4. The summed E-state index contributed by atoms with van der Waals surface area (Å²) in [5.74, 6) is -0.957. The Bertz CT molecular complexity index is 1900. The summed E-state index contributed by atoms with van der Waals surface area (Å²) in [5, 5.41) is 6.84. The Balaban J connectivity index is 1.35. The Morgan fingerprint density at radius 2 is 0.844 bits per heavy atom. The topological polar surface area (TPSA) is 79.2 Å². The Morgan fingerprint density at radius 3 is 1.22 bits per heavy atom. The number of rotatable bonds is 12. The molecule has 0 saturated heterocycles. The lowest BCUT2D eigenvalue weighted by Crippen LogP contribution is -3.12. The predicted molar refractivity (Wildman–Crippen MR) is 179 cm³/mol. The lowest BCUT2D eigenvalue weighted by molar-refractivity contribution is -0.899. The zero-order valence-corrected chi connectivity index (χ0v) is 26.4. The van der Waals surface area contributed by atoms with Gasteiger partial charge in [-0.15, -0.1) is 0 Å². The number of amides is 4. The first-order chi connectivity index (χ1) is 21.9. The maximum Gasteiger partial charge on any atom is 0.261 e. The number of nitrogens with one attached hydrogen (secondary N) is 1. The molecule has 45 heavy (non-hydrogen) atoms. The Morgan fingerprint density at radius 1 is 0.444 bits per heavy atom. The molecule has 7 heteroatoms. The van der Waals surface area contributed by atoms with Crippen LogP contribution in [0.15, 0.2) is 48.5 Å². The van der Waals surface area contributed by atoms with E-state index in [0.717, 1.165) is 90.5 Å². The van der Waals surface area contributed by atoms with Gasteiger partial charge >= 0.3 is 0 Å². The van der Waals surface area contributed by atoms with Crippen molar-refractivity contribution in [3.05, 3.63) is 70.8 Å². The average Bonchev–Trinajstić information content (AvgIpc) is 3.05. The normalized spacial score (nSPS) is 14.9. The van der Waals surface area contributed by atoms with Crippen molar-refractivity contribution in [3.8, 4) is 0 Å². The summed E-state index contributed by atoms with van der Waals surface area (Å²) in [4.78, 5) is 59.3. The van der Waals surface area contributed by atoms with Crippen molar-refractivity contribution in [2.75, 3.05) is 32.7 Å². The highest BCUT2D eigenvalue weighted by Crippen LogP contribution is 2.46. The largest absolute Gasteiger partial charge is 0.333 e. The monoisotopic (exact) mass is 602 g/mol. The van der Waals surface area contributed by atoms with E-state index in [-0.39, 0.29) is 23.6 Å². The number of imide groups is 2. The van der Waals surface area contributed by atoms with Crippen molar-refractivity contribution in [1.29, 1.82) is 0 Å². The molecule has 0 spiro atoms. The first-order valence-electron chi connectivity index (χ1n) is 16.7. The van der Waals surface area contributed by atoms with Gasteiger partial charge in [0, 0.05) is 39.6 Å². The number of fused-ring (bicyclic) bond motifs is 2. The van der Waals surface area contributed by atoms with Crippen LogP contribution in [0.1, 0.15) is 101 Å². The van der Waals surface area contributed by atoms with Gasteiger partial charge in [0.15, 0.2) is 0 Å². The quantitative estimate of drug-likeness (QED) is 0.0797. The first kappa shape index (κ1) is 29.4. The molecule has 4 amide bonds. The van der Waals surface area contributed by atoms with E-state index in [1.54, 1.807) is 0 Å². The van der Waals surface area contributed by atoms with Crippen LogP contribution < -0.4 is 4.90 Å². The molecule has 1 N–H and O–H groups in total. The second-order valence-electron chi connectivity index (χ2n) is 12.7. The van der Waals surface area contributed by atoms with E-state index in [1.165, 1.54) is 14.7 Å². The predicted octanol–water partition coefficient (Wildman–Crippen LogP) is 6.21. The highest BCUT2D eigenvalue weighted by atomic mass is 16.2. The highest BCUT2D eigenvalue weighted by Gasteiger charge is 2.37. The summed E-state index contributed by atoms with van der Waals surface area (Å²) >= 11 is 0. The number of hydrogen-bond acceptors (Lipinski definition) is 4. The van der Waals surface area contributed by atoms with Crippen LogP contribution in [0, 0.1) is 0 Å².